The molecule has 1 N–H and O–H groups in total. The van der Waals surface area contributed by atoms with Crippen LogP contribution < -0.4 is 10.1 Å². The monoisotopic (exact) mass is 296 g/mol. The second-order valence-electron chi connectivity index (χ2n) is 4.51. The summed E-state index contributed by atoms with van der Waals surface area (Å²) in [5.41, 5.74) is 0.950. The first-order valence-electron chi connectivity index (χ1n) is 6.18. The predicted octanol–water partition coefficient (Wildman–Crippen LogP) is 3.87. The van der Waals surface area contributed by atoms with E-state index in [-0.39, 0.29) is 0 Å². The number of hydrogen-bond donors (Lipinski definition) is 1. The first kappa shape index (κ1) is 14.3. The fourth-order valence-corrected chi connectivity index (χ4v) is 2.41. The normalized spacial score (nSPS) is 10.9. The Hall–Kier alpha value is -1.10. The van der Waals surface area contributed by atoms with Crippen LogP contribution in [0.2, 0.25) is 5.02 Å². The molecule has 5 heteroatoms. The number of benzene rings is 1. The number of ether oxygens (including phenoxy) is 1. The molecule has 0 aliphatic heterocycles. The summed E-state index contributed by atoms with van der Waals surface area (Å²) >= 11 is 7.55. The number of thiazole rings is 1. The van der Waals surface area contributed by atoms with Crippen LogP contribution in [-0.2, 0) is 13.2 Å². The summed E-state index contributed by atoms with van der Waals surface area (Å²) in [7, 11) is 0. The van der Waals surface area contributed by atoms with Crippen molar-refractivity contribution in [1.82, 2.24) is 10.3 Å². The lowest BCUT2D eigenvalue weighted by molar-refractivity contribution is 0.302. The topological polar surface area (TPSA) is 34.2 Å². The van der Waals surface area contributed by atoms with E-state index in [0.29, 0.717) is 17.7 Å². The van der Waals surface area contributed by atoms with Crippen molar-refractivity contribution in [2.24, 2.45) is 0 Å². The highest BCUT2D eigenvalue weighted by atomic mass is 35.5. The van der Waals surface area contributed by atoms with Gasteiger partial charge in [-0.25, -0.2) is 4.98 Å². The molecule has 1 aromatic carbocycles. The van der Waals surface area contributed by atoms with Crippen molar-refractivity contribution in [3.05, 3.63) is 45.4 Å². The van der Waals surface area contributed by atoms with Gasteiger partial charge in [-0.15, -0.1) is 11.3 Å². The van der Waals surface area contributed by atoms with Gasteiger partial charge in [0.15, 0.2) is 0 Å². The van der Waals surface area contributed by atoms with Crippen LogP contribution in [0, 0.1) is 0 Å². The third-order valence-corrected chi connectivity index (χ3v) is 3.58. The van der Waals surface area contributed by atoms with Crippen molar-refractivity contribution in [2.75, 3.05) is 0 Å². The van der Waals surface area contributed by atoms with Crippen molar-refractivity contribution < 1.29 is 4.74 Å². The maximum atomic E-state index is 5.90. The molecule has 0 unspecified atom stereocenters. The molecular formula is C14H17ClN2OS. The van der Waals surface area contributed by atoms with E-state index in [1.165, 1.54) is 0 Å². The van der Waals surface area contributed by atoms with Crippen molar-refractivity contribution in [3.63, 3.8) is 0 Å². The maximum Gasteiger partial charge on any atom is 0.131 e. The summed E-state index contributed by atoms with van der Waals surface area (Å²) < 4.78 is 5.65. The molecule has 0 saturated carbocycles. The average molecular weight is 297 g/mol. The van der Waals surface area contributed by atoms with Gasteiger partial charge in [-0.3, -0.25) is 0 Å². The van der Waals surface area contributed by atoms with E-state index in [1.54, 1.807) is 17.4 Å². The Labute approximate surface area is 122 Å². The molecule has 1 aromatic heterocycles. The first-order valence-corrected chi connectivity index (χ1v) is 7.44. The van der Waals surface area contributed by atoms with Crippen LogP contribution in [0.1, 0.15) is 24.5 Å². The predicted molar refractivity (Wildman–Crippen MR) is 79.9 cm³/mol. The van der Waals surface area contributed by atoms with Gasteiger partial charge in [0, 0.05) is 23.0 Å². The van der Waals surface area contributed by atoms with Gasteiger partial charge in [0.05, 0.1) is 5.69 Å². The van der Waals surface area contributed by atoms with Crippen LogP contribution in [-0.4, -0.2) is 11.0 Å². The van der Waals surface area contributed by atoms with Gasteiger partial charge in [0.25, 0.3) is 0 Å². The Morgan fingerprint density at radius 3 is 3.00 bits per heavy atom. The zero-order valence-electron chi connectivity index (χ0n) is 11.0. The minimum absolute atomic E-state index is 0.468. The molecular weight excluding hydrogens is 280 g/mol. The fraction of sp³-hybridized carbons (Fsp3) is 0.357. The minimum atomic E-state index is 0.468. The van der Waals surface area contributed by atoms with Crippen LogP contribution in [0.5, 0.6) is 5.75 Å². The molecule has 0 aliphatic rings. The zero-order valence-corrected chi connectivity index (χ0v) is 12.6. The standard InChI is InChI=1S/C14H17ClN2OS/c1-10(2)16-7-14-17-12(9-19-14)8-18-13-5-3-4-11(15)6-13/h3-6,9-10,16H,7-8H2,1-2H3. The van der Waals surface area contributed by atoms with Gasteiger partial charge >= 0.3 is 0 Å². The van der Waals surface area contributed by atoms with Crippen LogP contribution in [0.4, 0.5) is 0 Å². The van der Waals surface area contributed by atoms with Crippen LogP contribution in [0.25, 0.3) is 0 Å². The SMILES string of the molecule is CC(C)NCc1nc(COc2cccc(Cl)c2)cs1. The number of hydrogen-bond acceptors (Lipinski definition) is 4. The molecule has 1 heterocycles. The minimum Gasteiger partial charge on any atom is -0.487 e. The summed E-state index contributed by atoms with van der Waals surface area (Å²) in [6.07, 6.45) is 0. The average Bonchev–Trinajstić information content (AvgIpc) is 2.82. The van der Waals surface area contributed by atoms with Gasteiger partial charge < -0.3 is 10.1 Å². The summed E-state index contributed by atoms with van der Waals surface area (Å²) in [6, 6.07) is 7.85. The smallest absolute Gasteiger partial charge is 0.131 e. The Morgan fingerprint density at radius 2 is 2.26 bits per heavy atom. The van der Waals surface area contributed by atoms with Gasteiger partial charge in [0.2, 0.25) is 0 Å². The molecule has 0 spiro atoms. The molecule has 102 valence electrons. The summed E-state index contributed by atoms with van der Waals surface area (Å²) in [5, 5.41) is 7.14. The van der Waals surface area contributed by atoms with E-state index in [1.807, 2.05) is 23.6 Å². The third kappa shape index (κ3) is 4.82. The Morgan fingerprint density at radius 1 is 1.42 bits per heavy atom. The van der Waals surface area contributed by atoms with Crippen LogP contribution in [0.3, 0.4) is 0 Å². The first-order chi connectivity index (χ1) is 9.13. The van der Waals surface area contributed by atoms with Gasteiger partial charge in [0.1, 0.15) is 17.4 Å². The zero-order chi connectivity index (χ0) is 13.7. The molecule has 0 amide bonds. The second-order valence-corrected chi connectivity index (χ2v) is 5.89. The van der Waals surface area contributed by atoms with E-state index in [9.17, 15) is 0 Å². The Balaban J connectivity index is 1.86. The van der Waals surface area contributed by atoms with E-state index >= 15 is 0 Å². The van der Waals surface area contributed by atoms with E-state index < -0.39 is 0 Å². The number of rotatable bonds is 6. The highest BCUT2D eigenvalue weighted by Gasteiger charge is 2.04. The van der Waals surface area contributed by atoms with Crippen LogP contribution >= 0.6 is 22.9 Å². The lowest BCUT2D eigenvalue weighted by Gasteiger charge is -2.05. The van der Waals surface area contributed by atoms with E-state index in [0.717, 1.165) is 23.0 Å². The number of nitrogens with one attached hydrogen (secondary N) is 1. The second kappa shape index (κ2) is 6.89. The molecule has 0 aliphatic carbocycles. The fourth-order valence-electron chi connectivity index (χ4n) is 1.50. The van der Waals surface area contributed by atoms with Gasteiger partial charge in [-0.2, -0.15) is 0 Å². The van der Waals surface area contributed by atoms with Crippen molar-refractivity contribution in [2.45, 2.75) is 33.0 Å². The molecule has 0 bridgehead atoms. The Kier molecular flexibility index (Phi) is 5.19. The number of nitrogens with zero attached hydrogens (tertiary/aromatic N) is 1. The van der Waals surface area contributed by atoms with Crippen molar-refractivity contribution in [1.29, 1.82) is 0 Å². The summed E-state index contributed by atoms with van der Waals surface area (Å²) in [6.45, 7) is 5.52. The molecule has 19 heavy (non-hydrogen) atoms. The molecule has 0 fully saturated rings. The molecule has 2 aromatic rings. The maximum absolute atomic E-state index is 5.90. The third-order valence-electron chi connectivity index (χ3n) is 2.44. The van der Waals surface area contributed by atoms with E-state index in [2.05, 4.69) is 24.1 Å². The molecule has 0 saturated heterocycles. The van der Waals surface area contributed by atoms with Crippen LogP contribution in [0.15, 0.2) is 29.6 Å². The Bertz CT molecular complexity index is 528. The number of halogens is 1. The van der Waals surface area contributed by atoms with Crippen molar-refractivity contribution in [3.8, 4) is 5.75 Å². The molecule has 3 nitrogen and oxygen atoms in total. The lowest BCUT2D eigenvalue weighted by Crippen LogP contribution is -2.21. The molecule has 0 radical (unpaired) electrons. The highest BCUT2D eigenvalue weighted by molar-refractivity contribution is 7.09. The van der Waals surface area contributed by atoms with Gasteiger partial charge in [-0.05, 0) is 18.2 Å². The summed E-state index contributed by atoms with van der Waals surface area (Å²) in [5.74, 6) is 0.766. The largest absolute Gasteiger partial charge is 0.487 e. The highest BCUT2D eigenvalue weighted by Crippen LogP contribution is 2.19. The summed E-state index contributed by atoms with van der Waals surface area (Å²) in [4.78, 5) is 4.52. The quantitative estimate of drug-likeness (QED) is 0.878. The van der Waals surface area contributed by atoms with Crippen molar-refractivity contribution >= 4 is 22.9 Å². The lowest BCUT2D eigenvalue weighted by atomic mass is 10.3. The molecule has 2 rings (SSSR count). The van der Waals surface area contributed by atoms with E-state index in [4.69, 9.17) is 16.3 Å². The molecule has 0 atom stereocenters. The van der Waals surface area contributed by atoms with Gasteiger partial charge in [-0.1, -0.05) is 31.5 Å². The number of aromatic nitrogens is 1.